The van der Waals surface area contributed by atoms with E-state index in [9.17, 15) is 4.79 Å². The van der Waals surface area contributed by atoms with E-state index in [1.54, 1.807) is 0 Å². The normalized spacial score (nSPS) is 29.7. The smallest absolute Gasteiger partial charge is 0.276 e. The highest BCUT2D eigenvalue weighted by atomic mass is 16.5. The minimum atomic E-state index is -0.000684. The van der Waals surface area contributed by atoms with E-state index in [4.69, 9.17) is 9.26 Å². The average molecular weight is 376 g/mol. The van der Waals surface area contributed by atoms with Crippen molar-refractivity contribution in [1.82, 2.24) is 15.0 Å². The van der Waals surface area contributed by atoms with Gasteiger partial charge in [0.1, 0.15) is 5.76 Å². The fourth-order valence-corrected chi connectivity index (χ4v) is 5.07. The molecule has 4 heterocycles. The number of rotatable bonds is 4. The summed E-state index contributed by atoms with van der Waals surface area (Å²) in [6.45, 7) is 9.09. The van der Waals surface area contributed by atoms with E-state index in [0.717, 1.165) is 70.7 Å². The lowest BCUT2D eigenvalue weighted by Crippen LogP contribution is -2.48. The van der Waals surface area contributed by atoms with Gasteiger partial charge in [0.2, 0.25) is 0 Å². The number of likely N-dealkylation sites (tertiary alicyclic amines) is 2. The van der Waals surface area contributed by atoms with Gasteiger partial charge in [-0.25, -0.2) is 0 Å². The molecule has 1 spiro atoms. The van der Waals surface area contributed by atoms with E-state index in [1.165, 1.54) is 12.8 Å². The Morgan fingerprint density at radius 2 is 2.04 bits per heavy atom. The van der Waals surface area contributed by atoms with Crippen molar-refractivity contribution in [2.24, 2.45) is 0 Å². The zero-order valence-electron chi connectivity index (χ0n) is 16.8. The molecule has 1 aromatic rings. The van der Waals surface area contributed by atoms with Gasteiger partial charge in [-0.05, 0) is 51.5 Å². The lowest BCUT2D eigenvalue weighted by Gasteiger charge is -2.38. The van der Waals surface area contributed by atoms with Gasteiger partial charge in [0.15, 0.2) is 5.69 Å². The summed E-state index contributed by atoms with van der Waals surface area (Å²) < 4.78 is 11.2. The van der Waals surface area contributed by atoms with Crippen molar-refractivity contribution in [2.45, 2.75) is 76.4 Å². The van der Waals surface area contributed by atoms with Crippen LogP contribution in [0.15, 0.2) is 10.6 Å². The van der Waals surface area contributed by atoms with Gasteiger partial charge in [0, 0.05) is 43.8 Å². The molecule has 6 nitrogen and oxygen atoms in total. The van der Waals surface area contributed by atoms with Crippen molar-refractivity contribution in [3.63, 3.8) is 0 Å². The van der Waals surface area contributed by atoms with Crippen molar-refractivity contribution in [1.29, 1.82) is 0 Å². The van der Waals surface area contributed by atoms with Crippen LogP contribution in [0.3, 0.4) is 0 Å². The number of carbonyl (C=O) groups is 1. The first-order valence-corrected chi connectivity index (χ1v) is 10.7. The third-order valence-corrected chi connectivity index (χ3v) is 6.65. The standard InChI is InChI=1S/C21H33N3O3/c1-16(2)19-14-18(22-27-19)20(25)24-11-5-8-21(24)7-4-10-23(12-9-21)15-17-6-3-13-26-17/h14,16-17H,3-13,15H2,1-2H3/t17-,21-/m1/s1. The molecule has 0 radical (unpaired) electrons. The monoisotopic (exact) mass is 375 g/mol. The van der Waals surface area contributed by atoms with Gasteiger partial charge in [-0.1, -0.05) is 19.0 Å². The van der Waals surface area contributed by atoms with Gasteiger partial charge in [-0.2, -0.15) is 0 Å². The van der Waals surface area contributed by atoms with Gasteiger partial charge < -0.3 is 19.1 Å². The van der Waals surface area contributed by atoms with Crippen LogP contribution in [0.4, 0.5) is 0 Å². The van der Waals surface area contributed by atoms with Gasteiger partial charge >= 0.3 is 0 Å². The molecule has 3 fully saturated rings. The SMILES string of the molecule is CC(C)c1cc(C(=O)N2CCC[C@@]23CCCN(C[C@H]2CCCO2)CC3)no1. The Bertz CT molecular complexity index is 653. The van der Waals surface area contributed by atoms with Crippen molar-refractivity contribution in [3.05, 3.63) is 17.5 Å². The van der Waals surface area contributed by atoms with Gasteiger partial charge in [-0.3, -0.25) is 4.79 Å². The molecular formula is C21H33N3O3. The zero-order chi connectivity index (χ0) is 18.9. The molecule has 27 heavy (non-hydrogen) atoms. The largest absolute Gasteiger partial charge is 0.377 e. The first-order chi connectivity index (χ1) is 13.1. The summed E-state index contributed by atoms with van der Waals surface area (Å²) in [5.41, 5.74) is 0.472. The quantitative estimate of drug-likeness (QED) is 0.807. The maximum absolute atomic E-state index is 13.2. The molecule has 1 amide bonds. The van der Waals surface area contributed by atoms with E-state index in [-0.39, 0.29) is 17.4 Å². The molecule has 3 aliphatic heterocycles. The molecule has 3 saturated heterocycles. The van der Waals surface area contributed by atoms with E-state index in [1.807, 2.05) is 6.07 Å². The second-order valence-corrected chi connectivity index (χ2v) is 8.84. The Labute approximate surface area is 162 Å². The predicted molar refractivity (Wildman–Crippen MR) is 103 cm³/mol. The molecule has 0 bridgehead atoms. The Balaban J connectivity index is 1.43. The lowest BCUT2D eigenvalue weighted by molar-refractivity contribution is 0.0527. The average Bonchev–Trinajstić information content (AvgIpc) is 3.37. The fourth-order valence-electron chi connectivity index (χ4n) is 5.07. The maximum atomic E-state index is 13.2. The molecular weight excluding hydrogens is 342 g/mol. The number of carbonyl (C=O) groups excluding carboxylic acids is 1. The highest BCUT2D eigenvalue weighted by Crippen LogP contribution is 2.39. The van der Waals surface area contributed by atoms with Crippen LogP contribution in [-0.4, -0.2) is 65.3 Å². The van der Waals surface area contributed by atoms with Crippen molar-refractivity contribution < 1.29 is 14.1 Å². The number of nitrogens with zero attached hydrogens (tertiary/aromatic N) is 3. The first-order valence-electron chi connectivity index (χ1n) is 10.7. The molecule has 0 unspecified atom stereocenters. The van der Waals surface area contributed by atoms with Crippen LogP contribution in [0.1, 0.15) is 81.0 Å². The van der Waals surface area contributed by atoms with Gasteiger partial charge in [-0.15, -0.1) is 0 Å². The Morgan fingerprint density at radius 1 is 1.22 bits per heavy atom. The third kappa shape index (κ3) is 3.92. The summed E-state index contributed by atoms with van der Waals surface area (Å²) in [5.74, 6) is 1.08. The molecule has 0 aliphatic carbocycles. The van der Waals surface area contributed by atoms with E-state index in [2.05, 4.69) is 28.8 Å². The van der Waals surface area contributed by atoms with Crippen LogP contribution >= 0.6 is 0 Å². The molecule has 0 saturated carbocycles. The summed E-state index contributed by atoms with van der Waals surface area (Å²) in [7, 11) is 0. The van der Waals surface area contributed by atoms with Crippen LogP contribution in [0.5, 0.6) is 0 Å². The van der Waals surface area contributed by atoms with Gasteiger partial charge in [0.25, 0.3) is 5.91 Å². The van der Waals surface area contributed by atoms with E-state index in [0.29, 0.717) is 11.8 Å². The number of hydrogen-bond acceptors (Lipinski definition) is 5. The summed E-state index contributed by atoms with van der Waals surface area (Å²) >= 11 is 0. The third-order valence-electron chi connectivity index (χ3n) is 6.65. The first kappa shape index (κ1) is 18.9. The number of hydrogen-bond donors (Lipinski definition) is 0. The molecule has 0 aromatic carbocycles. The molecule has 3 aliphatic rings. The number of amides is 1. The van der Waals surface area contributed by atoms with Crippen LogP contribution in [0, 0.1) is 0 Å². The molecule has 4 rings (SSSR count). The molecule has 150 valence electrons. The van der Waals surface area contributed by atoms with Crippen LogP contribution in [0.25, 0.3) is 0 Å². The summed E-state index contributed by atoms with van der Waals surface area (Å²) in [4.78, 5) is 17.9. The molecule has 0 N–H and O–H groups in total. The molecule has 6 heteroatoms. The minimum absolute atomic E-state index is 0.000684. The Kier molecular flexibility index (Phi) is 5.55. The highest BCUT2D eigenvalue weighted by Gasteiger charge is 2.45. The van der Waals surface area contributed by atoms with Crippen molar-refractivity contribution >= 4 is 5.91 Å². The second kappa shape index (κ2) is 7.92. The predicted octanol–water partition coefficient (Wildman–Crippen LogP) is 3.44. The topological polar surface area (TPSA) is 58.8 Å². The van der Waals surface area contributed by atoms with Crippen LogP contribution in [-0.2, 0) is 4.74 Å². The summed E-state index contributed by atoms with van der Waals surface area (Å²) in [6.07, 6.45) is 8.29. The number of aromatic nitrogens is 1. The van der Waals surface area contributed by atoms with Crippen molar-refractivity contribution in [2.75, 3.05) is 32.8 Å². The van der Waals surface area contributed by atoms with Crippen molar-refractivity contribution in [3.8, 4) is 0 Å². The lowest BCUT2D eigenvalue weighted by atomic mass is 9.87. The summed E-state index contributed by atoms with van der Waals surface area (Å²) in [5, 5.41) is 4.07. The Hall–Kier alpha value is -1.40. The summed E-state index contributed by atoms with van der Waals surface area (Å²) in [6, 6.07) is 1.83. The second-order valence-electron chi connectivity index (χ2n) is 8.84. The van der Waals surface area contributed by atoms with Gasteiger partial charge in [0.05, 0.1) is 6.10 Å². The van der Waals surface area contributed by atoms with Crippen LogP contribution in [0.2, 0.25) is 0 Å². The van der Waals surface area contributed by atoms with Crippen LogP contribution < -0.4 is 0 Å². The Morgan fingerprint density at radius 3 is 2.74 bits per heavy atom. The zero-order valence-corrected chi connectivity index (χ0v) is 16.8. The highest BCUT2D eigenvalue weighted by molar-refractivity contribution is 5.93. The molecule has 1 aromatic heterocycles. The van der Waals surface area contributed by atoms with E-state index >= 15 is 0 Å². The maximum Gasteiger partial charge on any atom is 0.276 e. The fraction of sp³-hybridized carbons (Fsp3) is 0.810. The molecule has 2 atom stereocenters. The number of ether oxygens (including phenoxy) is 1. The van der Waals surface area contributed by atoms with E-state index < -0.39 is 0 Å². The minimum Gasteiger partial charge on any atom is -0.377 e.